The molecule has 0 aromatic heterocycles. The van der Waals surface area contributed by atoms with Gasteiger partial charge < -0.3 is 10.1 Å². The Morgan fingerprint density at radius 1 is 1.13 bits per heavy atom. The first-order valence-electron chi connectivity index (χ1n) is 10.2. The fraction of sp³-hybridized carbons (Fsp3) is 0.409. The molecule has 1 unspecified atom stereocenters. The van der Waals surface area contributed by atoms with Crippen LogP contribution in [0.4, 0.5) is 4.39 Å². The Kier molecular flexibility index (Phi) is 8.97. The van der Waals surface area contributed by atoms with Gasteiger partial charge >= 0.3 is 0 Å². The van der Waals surface area contributed by atoms with Crippen molar-refractivity contribution in [3.63, 3.8) is 0 Å². The number of carbonyl (C=O) groups is 1. The Balaban J connectivity index is 2.28. The van der Waals surface area contributed by atoms with Crippen LogP contribution in [0, 0.1) is 5.82 Å². The summed E-state index contributed by atoms with van der Waals surface area (Å²) in [6, 6.07) is 10.6. The maximum atomic E-state index is 14.3. The first-order chi connectivity index (χ1) is 14.8. The lowest BCUT2D eigenvalue weighted by Gasteiger charge is -2.30. The van der Waals surface area contributed by atoms with Crippen LogP contribution in [0.2, 0.25) is 0 Å². The van der Waals surface area contributed by atoms with E-state index >= 15 is 0 Å². The van der Waals surface area contributed by atoms with Gasteiger partial charge in [-0.15, -0.1) is 0 Å². The summed E-state index contributed by atoms with van der Waals surface area (Å²) in [7, 11) is -2.22. The van der Waals surface area contributed by atoms with Crippen molar-refractivity contribution >= 4 is 15.9 Å². The molecular weight excluding hydrogens is 421 g/mol. The van der Waals surface area contributed by atoms with Crippen molar-refractivity contribution in [2.75, 3.05) is 33.3 Å². The van der Waals surface area contributed by atoms with Gasteiger partial charge in [-0.05, 0) is 49.0 Å². The molecule has 2 aromatic carbocycles. The summed E-state index contributed by atoms with van der Waals surface area (Å²) in [5.74, 6) is -0.756. The van der Waals surface area contributed by atoms with E-state index in [2.05, 4.69) is 14.9 Å². The van der Waals surface area contributed by atoms with Crippen LogP contribution in [0.25, 0.3) is 0 Å². The molecule has 0 saturated carbocycles. The van der Waals surface area contributed by atoms with Crippen molar-refractivity contribution in [1.82, 2.24) is 14.9 Å². The highest BCUT2D eigenvalue weighted by molar-refractivity contribution is 7.89. The predicted molar refractivity (Wildman–Crippen MR) is 118 cm³/mol. The fourth-order valence-corrected chi connectivity index (χ4v) is 4.44. The van der Waals surface area contributed by atoms with Crippen molar-refractivity contribution in [2.24, 2.45) is 0 Å². The molecule has 0 bridgehead atoms. The highest BCUT2D eigenvalue weighted by Crippen LogP contribution is 2.24. The number of ether oxygens (including phenoxy) is 1. The number of methoxy groups -OCH3 is 1. The van der Waals surface area contributed by atoms with Gasteiger partial charge in [0.15, 0.2) is 0 Å². The molecule has 7 nitrogen and oxygen atoms in total. The number of hydrogen-bond acceptors (Lipinski definition) is 5. The topological polar surface area (TPSA) is 87.7 Å². The van der Waals surface area contributed by atoms with Crippen LogP contribution in [-0.4, -0.2) is 52.5 Å². The molecule has 31 heavy (non-hydrogen) atoms. The minimum atomic E-state index is -3.81. The smallest absolute Gasteiger partial charge is 0.254 e. The number of halogens is 1. The zero-order valence-electron chi connectivity index (χ0n) is 18.3. The van der Waals surface area contributed by atoms with Gasteiger partial charge in [0.2, 0.25) is 10.0 Å². The van der Waals surface area contributed by atoms with E-state index in [0.29, 0.717) is 5.75 Å². The molecule has 2 N–H and O–H groups in total. The minimum absolute atomic E-state index is 0.158. The lowest BCUT2D eigenvalue weighted by molar-refractivity contribution is 0.0930. The molecule has 0 heterocycles. The van der Waals surface area contributed by atoms with Crippen LogP contribution >= 0.6 is 0 Å². The molecule has 0 aliphatic carbocycles. The summed E-state index contributed by atoms with van der Waals surface area (Å²) >= 11 is 0. The van der Waals surface area contributed by atoms with Crippen molar-refractivity contribution in [1.29, 1.82) is 0 Å². The molecule has 9 heteroatoms. The van der Waals surface area contributed by atoms with Crippen LogP contribution in [-0.2, 0) is 10.0 Å². The summed E-state index contributed by atoms with van der Waals surface area (Å²) < 4.78 is 46.4. The number of benzene rings is 2. The van der Waals surface area contributed by atoms with E-state index in [-0.39, 0.29) is 29.6 Å². The van der Waals surface area contributed by atoms with Gasteiger partial charge in [-0.25, -0.2) is 17.5 Å². The Bertz CT molecular complexity index is 994. The summed E-state index contributed by atoms with van der Waals surface area (Å²) in [5.41, 5.74) is 0.634. The number of rotatable bonds is 11. The molecule has 0 spiro atoms. The maximum absolute atomic E-state index is 14.3. The van der Waals surface area contributed by atoms with Crippen LogP contribution < -0.4 is 14.8 Å². The molecule has 0 saturated heterocycles. The molecule has 0 fully saturated rings. The summed E-state index contributed by atoms with van der Waals surface area (Å²) in [6.07, 6.45) is 0. The highest BCUT2D eigenvalue weighted by Gasteiger charge is 2.22. The average molecular weight is 452 g/mol. The van der Waals surface area contributed by atoms with E-state index in [1.807, 2.05) is 38.1 Å². The van der Waals surface area contributed by atoms with Crippen LogP contribution in [0.1, 0.15) is 42.7 Å². The normalized spacial score (nSPS) is 12.6. The van der Waals surface area contributed by atoms with Crippen LogP contribution in [0.15, 0.2) is 47.4 Å². The van der Waals surface area contributed by atoms with Crippen LogP contribution in [0.3, 0.4) is 0 Å². The highest BCUT2D eigenvalue weighted by atomic mass is 32.2. The number of amides is 1. The Morgan fingerprint density at radius 3 is 2.45 bits per heavy atom. The van der Waals surface area contributed by atoms with Crippen molar-refractivity contribution in [2.45, 2.75) is 31.7 Å². The largest absolute Gasteiger partial charge is 0.497 e. The number of nitrogens with zero attached hydrogens (tertiary/aromatic N) is 1. The average Bonchev–Trinajstić information content (AvgIpc) is 2.76. The zero-order valence-corrected chi connectivity index (χ0v) is 19.1. The molecule has 1 atom stereocenters. The zero-order chi connectivity index (χ0) is 23.0. The van der Waals surface area contributed by atoms with Gasteiger partial charge in [0.05, 0.1) is 23.6 Å². The summed E-state index contributed by atoms with van der Waals surface area (Å²) in [5, 5.41) is 2.76. The van der Waals surface area contributed by atoms with Gasteiger partial charge in [0.25, 0.3) is 5.91 Å². The second kappa shape index (κ2) is 11.2. The number of nitrogens with one attached hydrogen (secondary N) is 2. The molecule has 170 valence electrons. The number of hydrogen-bond donors (Lipinski definition) is 2. The quantitative estimate of drug-likeness (QED) is 0.549. The fourth-order valence-electron chi connectivity index (χ4n) is 3.37. The molecule has 0 aliphatic heterocycles. The molecule has 2 aromatic rings. The lowest BCUT2D eigenvalue weighted by Crippen LogP contribution is -2.38. The third-order valence-electron chi connectivity index (χ3n) is 5.01. The Morgan fingerprint density at radius 2 is 1.84 bits per heavy atom. The molecular formula is C22H30FN3O4S. The van der Waals surface area contributed by atoms with E-state index in [9.17, 15) is 17.6 Å². The number of sulfonamides is 1. The first-order valence-corrected chi connectivity index (χ1v) is 11.7. The lowest BCUT2D eigenvalue weighted by atomic mass is 10.0. The second-order valence-corrected chi connectivity index (χ2v) is 8.63. The molecule has 2 rings (SSSR count). The maximum Gasteiger partial charge on any atom is 0.254 e. The standard InChI is InChI=1S/C22H30FN3O4S/c1-5-25-31(28,29)18-11-12-20(23)19(14-18)22(27)24-15-21(26(6-2)7-3)16-9-8-10-17(13-16)30-4/h8-14,21,25H,5-7,15H2,1-4H3,(H,24,27). The van der Waals surface area contributed by atoms with E-state index in [4.69, 9.17) is 4.74 Å². The summed E-state index contributed by atoms with van der Waals surface area (Å²) in [6.45, 7) is 7.59. The van der Waals surface area contributed by atoms with E-state index in [0.717, 1.165) is 36.9 Å². The molecule has 1 amide bonds. The summed E-state index contributed by atoms with van der Waals surface area (Å²) in [4.78, 5) is 14.8. The van der Waals surface area contributed by atoms with Crippen molar-refractivity contribution in [3.05, 3.63) is 59.4 Å². The van der Waals surface area contributed by atoms with Gasteiger partial charge in [-0.3, -0.25) is 9.69 Å². The van der Waals surface area contributed by atoms with Crippen molar-refractivity contribution in [3.8, 4) is 5.75 Å². The first kappa shape index (κ1) is 24.8. The number of likely N-dealkylation sites (N-methyl/N-ethyl adjacent to an activating group) is 1. The van der Waals surface area contributed by atoms with Gasteiger partial charge in [0, 0.05) is 13.1 Å². The third-order valence-corrected chi connectivity index (χ3v) is 6.56. The third kappa shape index (κ3) is 6.25. The number of carbonyl (C=O) groups excluding carboxylic acids is 1. The van der Waals surface area contributed by atoms with Gasteiger partial charge in [-0.2, -0.15) is 0 Å². The Hall–Kier alpha value is -2.49. The van der Waals surface area contributed by atoms with E-state index in [1.54, 1.807) is 14.0 Å². The van der Waals surface area contributed by atoms with Crippen molar-refractivity contribution < 1.29 is 22.3 Å². The van der Waals surface area contributed by atoms with E-state index in [1.165, 1.54) is 0 Å². The van der Waals surface area contributed by atoms with Gasteiger partial charge in [0.1, 0.15) is 11.6 Å². The van der Waals surface area contributed by atoms with E-state index < -0.39 is 21.7 Å². The Labute approximate surface area is 183 Å². The molecule has 0 aliphatic rings. The molecule has 0 radical (unpaired) electrons. The van der Waals surface area contributed by atoms with Gasteiger partial charge in [-0.1, -0.05) is 32.9 Å². The SMILES string of the molecule is CCNS(=O)(=O)c1ccc(F)c(C(=O)NCC(c2cccc(OC)c2)N(CC)CC)c1. The minimum Gasteiger partial charge on any atom is -0.497 e. The second-order valence-electron chi connectivity index (χ2n) is 6.87. The monoisotopic (exact) mass is 451 g/mol. The predicted octanol–water partition coefficient (Wildman–Crippen LogP) is 2.95. The van der Waals surface area contributed by atoms with Crippen LogP contribution in [0.5, 0.6) is 5.75 Å².